The number of aliphatic hydroxyl groups excluding tert-OH is 1. The van der Waals surface area contributed by atoms with Crippen LogP contribution < -0.4 is 10.1 Å². The van der Waals surface area contributed by atoms with Gasteiger partial charge in [-0.15, -0.1) is 0 Å². The molecular formula is C14H21NO3. The fourth-order valence-corrected chi connectivity index (χ4v) is 1.61. The molecule has 2 N–H and O–H groups in total. The van der Waals surface area contributed by atoms with Gasteiger partial charge in [-0.3, -0.25) is 4.79 Å². The van der Waals surface area contributed by atoms with Gasteiger partial charge in [-0.05, 0) is 30.5 Å². The summed E-state index contributed by atoms with van der Waals surface area (Å²) < 4.78 is 5.10. The minimum atomic E-state index is -0.331. The number of carbonyl (C=O) groups excluding carboxylic acids is 1. The standard InChI is InChI=1S/C14H21NO3/c1-3-12(16)7-8-15-14(17)10-11-5-4-6-13(9-11)18-2/h4-6,9,12,16H,3,7-8,10H2,1-2H3,(H,15,17). The molecule has 1 atom stereocenters. The summed E-state index contributed by atoms with van der Waals surface area (Å²) in [5.41, 5.74) is 0.919. The van der Waals surface area contributed by atoms with E-state index < -0.39 is 0 Å². The summed E-state index contributed by atoms with van der Waals surface area (Å²) in [7, 11) is 1.60. The molecule has 0 radical (unpaired) electrons. The van der Waals surface area contributed by atoms with Crippen LogP contribution in [-0.2, 0) is 11.2 Å². The molecule has 0 spiro atoms. The van der Waals surface area contributed by atoms with Gasteiger partial charge in [0.1, 0.15) is 5.75 Å². The van der Waals surface area contributed by atoms with Crippen LogP contribution in [0.2, 0.25) is 0 Å². The number of rotatable bonds is 7. The third-order valence-corrected chi connectivity index (χ3v) is 2.77. The van der Waals surface area contributed by atoms with Crippen LogP contribution in [0.1, 0.15) is 25.3 Å². The van der Waals surface area contributed by atoms with Crippen LogP contribution in [0.25, 0.3) is 0 Å². The Hall–Kier alpha value is -1.55. The van der Waals surface area contributed by atoms with E-state index in [1.54, 1.807) is 7.11 Å². The largest absolute Gasteiger partial charge is 0.497 e. The molecule has 4 heteroatoms. The first-order valence-electron chi connectivity index (χ1n) is 6.23. The molecule has 1 amide bonds. The maximum Gasteiger partial charge on any atom is 0.224 e. The number of amides is 1. The van der Waals surface area contributed by atoms with Crippen molar-refractivity contribution >= 4 is 5.91 Å². The van der Waals surface area contributed by atoms with Gasteiger partial charge in [-0.1, -0.05) is 19.1 Å². The Kier molecular flexibility index (Phi) is 6.22. The summed E-state index contributed by atoms with van der Waals surface area (Å²) in [6.07, 6.45) is 1.31. The minimum absolute atomic E-state index is 0.0356. The Morgan fingerprint density at radius 3 is 2.94 bits per heavy atom. The molecular weight excluding hydrogens is 230 g/mol. The highest BCUT2D eigenvalue weighted by Crippen LogP contribution is 2.12. The van der Waals surface area contributed by atoms with E-state index in [0.717, 1.165) is 11.3 Å². The maximum atomic E-state index is 11.6. The zero-order chi connectivity index (χ0) is 13.4. The van der Waals surface area contributed by atoms with E-state index in [-0.39, 0.29) is 12.0 Å². The van der Waals surface area contributed by atoms with Gasteiger partial charge in [-0.25, -0.2) is 0 Å². The quantitative estimate of drug-likeness (QED) is 0.772. The van der Waals surface area contributed by atoms with Crippen LogP contribution in [0.3, 0.4) is 0 Å². The fraction of sp³-hybridized carbons (Fsp3) is 0.500. The molecule has 1 rings (SSSR count). The van der Waals surface area contributed by atoms with E-state index in [2.05, 4.69) is 5.32 Å². The predicted molar refractivity (Wildman–Crippen MR) is 70.6 cm³/mol. The van der Waals surface area contributed by atoms with Crippen molar-refractivity contribution in [1.82, 2.24) is 5.32 Å². The van der Waals surface area contributed by atoms with Gasteiger partial charge in [0.05, 0.1) is 19.6 Å². The summed E-state index contributed by atoms with van der Waals surface area (Å²) >= 11 is 0. The molecule has 100 valence electrons. The molecule has 0 aromatic heterocycles. The molecule has 4 nitrogen and oxygen atoms in total. The van der Waals surface area contributed by atoms with Gasteiger partial charge < -0.3 is 15.2 Å². The lowest BCUT2D eigenvalue weighted by Crippen LogP contribution is -2.28. The normalized spacial score (nSPS) is 11.9. The van der Waals surface area contributed by atoms with Gasteiger partial charge in [0, 0.05) is 6.54 Å². The monoisotopic (exact) mass is 251 g/mol. The lowest BCUT2D eigenvalue weighted by Gasteiger charge is -2.09. The van der Waals surface area contributed by atoms with Crippen LogP contribution in [0, 0.1) is 0 Å². The number of hydrogen-bond acceptors (Lipinski definition) is 3. The van der Waals surface area contributed by atoms with Crippen molar-refractivity contribution in [1.29, 1.82) is 0 Å². The Balaban J connectivity index is 2.35. The van der Waals surface area contributed by atoms with E-state index in [1.807, 2.05) is 31.2 Å². The number of benzene rings is 1. The molecule has 0 saturated carbocycles. The SMILES string of the molecule is CCC(O)CCNC(=O)Cc1cccc(OC)c1. The van der Waals surface area contributed by atoms with Gasteiger partial charge in [0.15, 0.2) is 0 Å². The second-order valence-electron chi connectivity index (χ2n) is 4.23. The van der Waals surface area contributed by atoms with Crippen LogP contribution in [0.15, 0.2) is 24.3 Å². The minimum Gasteiger partial charge on any atom is -0.497 e. The topological polar surface area (TPSA) is 58.6 Å². The zero-order valence-corrected chi connectivity index (χ0v) is 11.0. The molecule has 0 aliphatic heterocycles. The second-order valence-corrected chi connectivity index (χ2v) is 4.23. The average Bonchev–Trinajstić information content (AvgIpc) is 2.38. The van der Waals surface area contributed by atoms with E-state index >= 15 is 0 Å². The van der Waals surface area contributed by atoms with Crippen molar-refractivity contribution in [2.24, 2.45) is 0 Å². The van der Waals surface area contributed by atoms with Gasteiger partial charge in [0.25, 0.3) is 0 Å². The molecule has 0 fully saturated rings. The Morgan fingerprint density at radius 2 is 2.28 bits per heavy atom. The van der Waals surface area contributed by atoms with E-state index in [4.69, 9.17) is 4.74 Å². The molecule has 0 aliphatic carbocycles. The summed E-state index contributed by atoms with van der Waals surface area (Å²) in [6, 6.07) is 7.45. The number of ether oxygens (including phenoxy) is 1. The summed E-state index contributed by atoms with van der Waals surface area (Å²) in [4.78, 5) is 11.6. The number of methoxy groups -OCH3 is 1. The highest BCUT2D eigenvalue weighted by atomic mass is 16.5. The lowest BCUT2D eigenvalue weighted by atomic mass is 10.1. The molecule has 0 heterocycles. The van der Waals surface area contributed by atoms with Crippen molar-refractivity contribution in [3.8, 4) is 5.75 Å². The summed E-state index contributed by atoms with van der Waals surface area (Å²) in [5, 5.41) is 12.2. The van der Waals surface area contributed by atoms with Crippen molar-refractivity contribution in [3.05, 3.63) is 29.8 Å². The zero-order valence-electron chi connectivity index (χ0n) is 11.0. The van der Waals surface area contributed by atoms with Crippen molar-refractivity contribution in [2.75, 3.05) is 13.7 Å². The van der Waals surface area contributed by atoms with Gasteiger partial charge >= 0.3 is 0 Å². The molecule has 0 aliphatic rings. The molecule has 1 aromatic carbocycles. The highest BCUT2D eigenvalue weighted by molar-refractivity contribution is 5.78. The molecule has 1 unspecified atom stereocenters. The Bertz CT molecular complexity index is 379. The summed E-state index contributed by atoms with van der Waals surface area (Å²) in [5.74, 6) is 0.716. The van der Waals surface area contributed by atoms with Gasteiger partial charge in [0.2, 0.25) is 5.91 Å². The van der Waals surface area contributed by atoms with Crippen LogP contribution in [-0.4, -0.2) is 30.8 Å². The number of nitrogens with one attached hydrogen (secondary N) is 1. The first-order valence-corrected chi connectivity index (χ1v) is 6.23. The van der Waals surface area contributed by atoms with Gasteiger partial charge in [-0.2, -0.15) is 0 Å². The lowest BCUT2D eigenvalue weighted by molar-refractivity contribution is -0.120. The molecule has 1 aromatic rings. The van der Waals surface area contributed by atoms with Crippen molar-refractivity contribution in [2.45, 2.75) is 32.3 Å². The van der Waals surface area contributed by atoms with E-state index in [9.17, 15) is 9.90 Å². The van der Waals surface area contributed by atoms with Crippen molar-refractivity contribution < 1.29 is 14.6 Å². The summed E-state index contributed by atoms with van der Waals surface area (Å²) in [6.45, 7) is 2.43. The first-order chi connectivity index (χ1) is 8.65. The third kappa shape index (κ3) is 5.19. The van der Waals surface area contributed by atoms with E-state index in [0.29, 0.717) is 25.8 Å². The molecule has 18 heavy (non-hydrogen) atoms. The average molecular weight is 251 g/mol. The number of carbonyl (C=O) groups is 1. The number of aliphatic hydroxyl groups is 1. The van der Waals surface area contributed by atoms with E-state index in [1.165, 1.54) is 0 Å². The molecule has 0 saturated heterocycles. The van der Waals surface area contributed by atoms with Crippen molar-refractivity contribution in [3.63, 3.8) is 0 Å². The maximum absolute atomic E-state index is 11.6. The predicted octanol–water partition coefficient (Wildman–Crippen LogP) is 1.51. The smallest absolute Gasteiger partial charge is 0.224 e. The Labute approximate surface area is 108 Å². The third-order valence-electron chi connectivity index (χ3n) is 2.77. The molecule has 0 bridgehead atoms. The Morgan fingerprint density at radius 1 is 1.50 bits per heavy atom. The van der Waals surface area contributed by atoms with Crippen LogP contribution in [0.4, 0.5) is 0 Å². The van der Waals surface area contributed by atoms with Crippen LogP contribution in [0.5, 0.6) is 5.75 Å². The highest BCUT2D eigenvalue weighted by Gasteiger charge is 2.05. The second kappa shape index (κ2) is 7.71. The van der Waals surface area contributed by atoms with Crippen LogP contribution >= 0.6 is 0 Å². The number of hydrogen-bond donors (Lipinski definition) is 2. The first kappa shape index (κ1) is 14.5. The fourth-order valence-electron chi connectivity index (χ4n) is 1.61.